The number of benzene rings is 1. The molecule has 0 saturated carbocycles. The van der Waals surface area contributed by atoms with Gasteiger partial charge in [0.1, 0.15) is 11.6 Å². The van der Waals surface area contributed by atoms with Crippen molar-refractivity contribution < 1.29 is 9.18 Å². The Balaban J connectivity index is 2.79. The molecular formula is C11H8ClFN2O. The summed E-state index contributed by atoms with van der Waals surface area (Å²) in [6.07, 6.45) is 0. The van der Waals surface area contributed by atoms with E-state index >= 15 is 0 Å². The van der Waals surface area contributed by atoms with Crippen molar-refractivity contribution in [2.45, 2.75) is 6.92 Å². The molecule has 1 heterocycles. The Morgan fingerprint density at radius 2 is 2.12 bits per heavy atom. The Morgan fingerprint density at radius 1 is 1.44 bits per heavy atom. The molecule has 2 N–H and O–H groups in total. The summed E-state index contributed by atoms with van der Waals surface area (Å²) in [6.45, 7) is 1.79. The minimum absolute atomic E-state index is 0.153. The minimum atomic E-state index is -0.825. The van der Waals surface area contributed by atoms with Crippen LogP contribution in [0.1, 0.15) is 15.9 Å². The van der Waals surface area contributed by atoms with Gasteiger partial charge in [0.2, 0.25) is 0 Å². The first-order chi connectivity index (χ1) is 7.49. The average molecular weight is 239 g/mol. The topological polar surface area (TPSA) is 56.0 Å². The van der Waals surface area contributed by atoms with Crippen LogP contribution in [0.3, 0.4) is 0 Å². The van der Waals surface area contributed by atoms with Gasteiger partial charge in [-0.1, -0.05) is 0 Å². The standard InChI is InChI=1S/C11H8ClFN2O/c1-5-2-6-3-7(10(12)16)8(13)4-9(6)15-11(5)14/h2-4H,1H3,(H2,14,15). The van der Waals surface area contributed by atoms with Gasteiger partial charge in [0.15, 0.2) is 0 Å². The molecule has 0 aliphatic carbocycles. The number of carbonyl (C=O) groups excluding carboxylic acids is 1. The summed E-state index contributed by atoms with van der Waals surface area (Å²) in [7, 11) is 0. The van der Waals surface area contributed by atoms with Crippen molar-refractivity contribution in [3.63, 3.8) is 0 Å². The average Bonchev–Trinajstić information content (AvgIpc) is 2.19. The number of nitrogens with two attached hydrogens (primary N) is 1. The largest absolute Gasteiger partial charge is 0.383 e. The first-order valence-electron chi connectivity index (χ1n) is 4.55. The van der Waals surface area contributed by atoms with Crippen LogP contribution in [0.15, 0.2) is 18.2 Å². The van der Waals surface area contributed by atoms with Crippen molar-refractivity contribution in [2.75, 3.05) is 5.73 Å². The van der Waals surface area contributed by atoms with Crippen molar-refractivity contribution in [3.05, 3.63) is 35.1 Å². The number of hydrogen-bond acceptors (Lipinski definition) is 3. The highest BCUT2D eigenvalue weighted by Gasteiger charge is 2.12. The maximum atomic E-state index is 13.4. The van der Waals surface area contributed by atoms with Crippen molar-refractivity contribution in [3.8, 4) is 0 Å². The highest BCUT2D eigenvalue weighted by Crippen LogP contribution is 2.22. The fourth-order valence-electron chi connectivity index (χ4n) is 1.47. The van der Waals surface area contributed by atoms with Crippen LogP contribution in [0.25, 0.3) is 10.9 Å². The highest BCUT2D eigenvalue weighted by atomic mass is 35.5. The number of halogens is 2. The number of pyridine rings is 1. The molecule has 0 radical (unpaired) electrons. The molecule has 3 nitrogen and oxygen atoms in total. The molecule has 1 aromatic carbocycles. The van der Waals surface area contributed by atoms with Gasteiger partial charge in [0.05, 0.1) is 11.1 Å². The van der Waals surface area contributed by atoms with Gasteiger partial charge in [-0.05, 0) is 36.2 Å². The van der Waals surface area contributed by atoms with Crippen LogP contribution in [0, 0.1) is 12.7 Å². The number of rotatable bonds is 1. The smallest absolute Gasteiger partial charge is 0.255 e. The second kappa shape index (κ2) is 3.72. The molecule has 0 spiro atoms. The molecule has 0 aliphatic heterocycles. The molecule has 0 saturated heterocycles. The third-order valence-corrected chi connectivity index (χ3v) is 2.55. The van der Waals surface area contributed by atoms with Gasteiger partial charge in [-0.25, -0.2) is 9.37 Å². The van der Waals surface area contributed by atoms with E-state index in [0.717, 1.165) is 11.6 Å². The molecule has 0 aliphatic rings. The SMILES string of the molecule is Cc1cc2cc(C(=O)Cl)c(F)cc2nc1N. The Morgan fingerprint density at radius 3 is 2.75 bits per heavy atom. The number of nitrogens with zero attached hydrogens (tertiary/aromatic N) is 1. The van der Waals surface area contributed by atoms with Crippen LogP contribution in [0.4, 0.5) is 10.2 Å². The molecule has 5 heteroatoms. The number of carbonyl (C=O) groups is 1. The van der Waals surface area contributed by atoms with Crippen LogP contribution in [0.5, 0.6) is 0 Å². The fraction of sp³-hybridized carbons (Fsp3) is 0.0909. The van der Waals surface area contributed by atoms with E-state index in [-0.39, 0.29) is 5.56 Å². The lowest BCUT2D eigenvalue weighted by Crippen LogP contribution is -1.98. The van der Waals surface area contributed by atoms with Crippen molar-refractivity contribution in [1.82, 2.24) is 4.98 Å². The predicted molar refractivity (Wildman–Crippen MR) is 61.0 cm³/mol. The number of hydrogen-bond donors (Lipinski definition) is 1. The third-order valence-electron chi connectivity index (χ3n) is 2.35. The van der Waals surface area contributed by atoms with E-state index in [0.29, 0.717) is 16.7 Å². The number of fused-ring (bicyclic) bond motifs is 1. The molecule has 1 aromatic heterocycles. The van der Waals surface area contributed by atoms with Gasteiger partial charge >= 0.3 is 0 Å². The van der Waals surface area contributed by atoms with Crippen molar-refractivity contribution in [2.24, 2.45) is 0 Å². The second-order valence-corrected chi connectivity index (χ2v) is 3.83. The summed E-state index contributed by atoms with van der Waals surface area (Å²) in [5.74, 6) is -0.347. The molecule has 0 fully saturated rings. The Hall–Kier alpha value is -1.68. The molecule has 0 bridgehead atoms. The Bertz CT molecular complexity index is 598. The maximum absolute atomic E-state index is 13.4. The summed E-state index contributed by atoms with van der Waals surface area (Å²) in [5.41, 5.74) is 6.63. The van der Waals surface area contributed by atoms with E-state index < -0.39 is 11.1 Å². The number of aromatic nitrogens is 1. The summed E-state index contributed by atoms with van der Waals surface area (Å²) in [4.78, 5) is 15.0. The Labute approximate surface area is 96.0 Å². The van der Waals surface area contributed by atoms with Crippen molar-refractivity contribution >= 4 is 33.6 Å². The van der Waals surface area contributed by atoms with Crippen LogP contribution in [-0.2, 0) is 0 Å². The molecular weight excluding hydrogens is 231 g/mol. The molecule has 16 heavy (non-hydrogen) atoms. The summed E-state index contributed by atoms with van der Waals surface area (Å²) >= 11 is 5.26. The quantitative estimate of drug-likeness (QED) is 0.777. The van der Waals surface area contributed by atoms with E-state index in [9.17, 15) is 9.18 Å². The van der Waals surface area contributed by atoms with E-state index in [1.807, 2.05) is 0 Å². The molecule has 0 atom stereocenters. The second-order valence-electron chi connectivity index (χ2n) is 3.49. The number of nitrogen functional groups attached to an aromatic ring is 1. The van der Waals surface area contributed by atoms with Gasteiger partial charge in [0, 0.05) is 11.5 Å². The zero-order valence-electron chi connectivity index (χ0n) is 8.42. The number of aryl methyl sites for hydroxylation is 1. The van der Waals surface area contributed by atoms with Gasteiger partial charge in [-0.2, -0.15) is 0 Å². The summed E-state index contributed by atoms with van der Waals surface area (Å²) in [5, 5.41) is -0.189. The monoisotopic (exact) mass is 238 g/mol. The van der Waals surface area contributed by atoms with E-state index in [1.165, 1.54) is 6.07 Å². The lowest BCUT2D eigenvalue weighted by atomic mass is 10.1. The van der Waals surface area contributed by atoms with Gasteiger partial charge in [-0.15, -0.1) is 0 Å². The van der Waals surface area contributed by atoms with E-state index in [4.69, 9.17) is 17.3 Å². The molecule has 0 amide bonds. The Kier molecular flexibility index (Phi) is 2.52. The van der Waals surface area contributed by atoms with Crippen LogP contribution in [-0.4, -0.2) is 10.2 Å². The van der Waals surface area contributed by atoms with Gasteiger partial charge in [0.25, 0.3) is 5.24 Å². The van der Waals surface area contributed by atoms with Crippen molar-refractivity contribution in [1.29, 1.82) is 0 Å². The van der Waals surface area contributed by atoms with E-state index in [2.05, 4.69) is 4.98 Å². The maximum Gasteiger partial charge on any atom is 0.255 e. The molecule has 0 unspecified atom stereocenters. The first-order valence-corrected chi connectivity index (χ1v) is 4.93. The molecule has 82 valence electrons. The van der Waals surface area contributed by atoms with Crippen LogP contribution >= 0.6 is 11.6 Å². The predicted octanol–water partition coefficient (Wildman–Crippen LogP) is 2.64. The highest BCUT2D eigenvalue weighted by molar-refractivity contribution is 6.67. The lowest BCUT2D eigenvalue weighted by Gasteiger charge is -2.04. The third kappa shape index (κ3) is 1.72. The first kappa shape index (κ1) is 10.8. The zero-order chi connectivity index (χ0) is 11.9. The molecule has 2 rings (SSSR count). The van der Waals surface area contributed by atoms with Gasteiger partial charge < -0.3 is 5.73 Å². The minimum Gasteiger partial charge on any atom is -0.383 e. The van der Waals surface area contributed by atoms with Crippen LogP contribution < -0.4 is 5.73 Å². The zero-order valence-corrected chi connectivity index (χ0v) is 9.18. The number of anilines is 1. The molecule has 2 aromatic rings. The van der Waals surface area contributed by atoms with Crippen LogP contribution in [0.2, 0.25) is 0 Å². The normalized spacial score (nSPS) is 10.7. The fourth-order valence-corrected chi connectivity index (χ4v) is 1.61. The van der Waals surface area contributed by atoms with Gasteiger partial charge in [-0.3, -0.25) is 4.79 Å². The lowest BCUT2D eigenvalue weighted by molar-refractivity contribution is 0.107. The summed E-state index contributed by atoms with van der Waals surface area (Å²) in [6, 6.07) is 4.26. The summed E-state index contributed by atoms with van der Waals surface area (Å²) < 4.78 is 13.4. The van der Waals surface area contributed by atoms with E-state index in [1.54, 1.807) is 13.0 Å².